The first-order valence-electron chi connectivity index (χ1n) is 5.03. The minimum absolute atomic E-state index is 0.0105. The standard InChI is InChI=1S/C12H9F3O2/c13-8-5-4-7-2-1-3-10(9(7)6-8)12(14,15)11(16)17/h3-6H,1-2H2,(H,16,17). The van der Waals surface area contributed by atoms with Gasteiger partial charge in [0, 0.05) is 5.57 Å². The highest BCUT2D eigenvalue weighted by Gasteiger charge is 2.45. The number of aryl methyl sites for hydroxylation is 1. The Morgan fingerprint density at radius 1 is 1.35 bits per heavy atom. The van der Waals surface area contributed by atoms with Gasteiger partial charge in [-0.15, -0.1) is 0 Å². The molecular formula is C12H9F3O2. The van der Waals surface area contributed by atoms with E-state index in [0.717, 1.165) is 12.1 Å². The molecule has 1 aliphatic carbocycles. The maximum absolute atomic E-state index is 13.5. The molecule has 5 heteroatoms. The van der Waals surface area contributed by atoms with Crippen LogP contribution in [0.2, 0.25) is 0 Å². The summed E-state index contributed by atoms with van der Waals surface area (Å²) in [6, 6.07) is 3.55. The second kappa shape index (κ2) is 3.91. The minimum Gasteiger partial charge on any atom is -0.477 e. The lowest BCUT2D eigenvalue weighted by molar-refractivity contribution is -0.156. The van der Waals surface area contributed by atoms with Crippen molar-refractivity contribution in [2.24, 2.45) is 0 Å². The molecule has 2 nitrogen and oxygen atoms in total. The van der Waals surface area contributed by atoms with E-state index in [1.54, 1.807) is 0 Å². The van der Waals surface area contributed by atoms with Crippen molar-refractivity contribution in [1.82, 2.24) is 0 Å². The van der Waals surface area contributed by atoms with Crippen LogP contribution in [-0.2, 0) is 11.2 Å². The summed E-state index contributed by atoms with van der Waals surface area (Å²) in [7, 11) is 0. The van der Waals surface area contributed by atoms with Gasteiger partial charge in [0.15, 0.2) is 0 Å². The Hall–Kier alpha value is -1.78. The Morgan fingerprint density at radius 2 is 2.06 bits per heavy atom. The third-order valence-electron chi connectivity index (χ3n) is 2.73. The molecule has 0 atom stereocenters. The molecule has 1 aromatic rings. The van der Waals surface area contributed by atoms with Crippen LogP contribution in [0.4, 0.5) is 13.2 Å². The van der Waals surface area contributed by atoms with Gasteiger partial charge >= 0.3 is 11.9 Å². The second-order valence-electron chi connectivity index (χ2n) is 3.84. The highest BCUT2D eigenvalue weighted by molar-refractivity contribution is 5.94. The zero-order valence-corrected chi connectivity index (χ0v) is 8.71. The van der Waals surface area contributed by atoms with Gasteiger partial charge in [-0.3, -0.25) is 0 Å². The summed E-state index contributed by atoms with van der Waals surface area (Å²) in [4.78, 5) is 10.5. The van der Waals surface area contributed by atoms with E-state index in [4.69, 9.17) is 5.11 Å². The molecule has 2 rings (SSSR count). The van der Waals surface area contributed by atoms with Crippen molar-refractivity contribution in [1.29, 1.82) is 0 Å². The third kappa shape index (κ3) is 1.92. The molecule has 0 spiro atoms. The number of carboxylic acid groups (broad SMARTS) is 1. The van der Waals surface area contributed by atoms with E-state index in [1.807, 2.05) is 0 Å². The van der Waals surface area contributed by atoms with E-state index in [2.05, 4.69) is 0 Å². The van der Waals surface area contributed by atoms with Gasteiger partial charge in [0.1, 0.15) is 5.82 Å². The van der Waals surface area contributed by atoms with E-state index >= 15 is 0 Å². The predicted molar refractivity (Wildman–Crippen MR) is 55.3 cm³/mol. The monoisotopic (exact) mass is 242 g/mol. The summed E-state index contributed by atoms with van der Waals surface area (Å²) in [5.74, 6) is -6.86. The molecule has 0 radical (unpaired) electrons. The number of carboxylic acids is 1. The van der Waals surface area contributed by atoms with Crippen molar-refractivity contribution in [2.75, 3.05) is 0 Å². The van der Waals surface area contributed by atoms with Crippen LogP contribution >= 0.6 is 0 Å². The van der Waals surface area contributed by atoms with E-state index in [9.17, 15) is 18.0 Å². The molecular weight excluding hydrogens is 233 g/mol. The Morgan fingerprint density at radius 3 is 2.71 bits per heavy atom. The third-order valence-corrected chi connectivity index (χ3v) is 2.73. The fourth-order valence-corrected chi connectivity index (χ4v) is 1.91. The van der Waals surface area contributed by atoms with Crippen molar-refractivity contribution < 1.29 is 23.1 Å². The van der Waals surface area contributed by atoms with Gasteiger partial charge in [-0.2, -0.15) is 8.78 Å². The van der Waals surface area contributed by atoms with Crippen molar-refractivity contribution in [3.63, 3.8) is 0 Å². The molecule has 0 amide bonds. The van der Waals surface area contributed by atoms with Gasteiger partial charge in [0.2, 0.25) is 0 Å². The van der Waals surface area contributed by atoms with Crippen LogP contribution in [0.3, 0.4) is 0 Å². The highest BCUT2D eigenvalue weighted by atomic mass is 19.3. The first-order valence-corrected chi connectivity index (χ1v) is 5.03. The number of rotatable bonds is 2. The molecule has 17 heavy (non-hydrogen) atoms. The van der Waals surface area contributed by atoms with Crippen molar-refractivity contribution in [3.8, 4) is 0 Å². The molecule has 1 N–H and O–H groups in total. The largest absolute Gasteiger partial charge is 0.477 e. The Labute approximate surface area is 95.4 Å². The number of benzene rings is 1. The van der Waals surface area contributed by atoms with Gasteiger partial charge in [-0.25, -0.2) is 9.18 Å². The number of hydrogen-bond acceptors (Lipinski definition) is 1. The van der Waals surface area contributed by atoms with Crippen LogP contribution in [0.25, 0.3) is 5.57 Å². The van der Waals surface area contributed by atoms with Gasteiger partial charge in [0.25, 0.3) is 0 Å². The molecule has 0 unspecified atom stereocenters. The lowest BCUT2D eigenvalue weighted by Crippen LogP contribution is -2.31. The Bertz CT molecular complexity index is 506. The summed E-state index contributed by atoms with van der Waals surface area (Å²) in [5.41, 5.74) is -0.0841. The second-order valence-corrected chi connectivity index (χ2v) is 3.84. The van der Waals surface area contributed by atoms with Crippen LogP contribution < -0.4 is 0 Å². The topological polar surface area (TPSA) is 37.3 Å². The summed E-state index contributed by atoms with van der Waals surface area (Å²) >= 11 is 0. The fraction of sp³-hybridized carbons (Fsp3) is 0.250. The molecule has 0 saturated heterocycles. The molecule has 0 aromatic heterocycles. The van der Waals surface area contributed by atoms with Gasteiger partial charge in [0.05, 0.1) is 0 Å². The molecule has 1 aliphatic rings. The molecule has 0 bridgehead atoms. The van der Waals surface area contributed by atoms with Crippen LogP contribution in [0, 0.1) is 5.82 Å². The van der Waals surface area contributed by atoms with Crippen molar-refractivity contribution >= 4 is 11.5 Å². The SMILES string of the molecule is O=C(O)C(F)(F)C1=CCCc2ccc(F)cc21. The summed E-state index contributed by atoms with van der Waals surface area (Å²) in [6.45, 7) is 0. The number of fused-ring (bicyclic) bond motifs is 1. The number of halogens is 3. The van der Waals surface area contributed by atoms with Crippen molar-refractivity contribution in [2.45, 2.75) is 18.8 Å². The average Bonchev–Trinajstić information content (AvgIpc) is 2.27. The number of carbonyl (C=O) groups is 1. The van der Waals surface area contributed by atoms with E-state index in [1.165, 1.54) is 12.1 Å². The lowest BCUT2D eigenvalue weighted by atomic mass is 9.87. The Balaban J connectivity index is 2.55. The molecule has 0 fully saturated rings. The average molecular weight is 242 g/mol. The normalized spacial score (nSPS) is 15.1. The van der Waals surface area contributed by atoms with E-state index < -0.39 is 23.3 Å². The zero-order chi connectivity index (χ0) is 12.6. The first-order chi connectivity index (χ1) is 7.93. The fourth-order valence-electron chi connectivity index (χ4n) is 1.91. The molecule has 90 valence electrons. The van der Waals surface area contributed by atoms with Crippen LogP contribution in [0.5, 0.6) is 0 Å². The Kier molecular flexibility index (Phi) is 2.69. The van der Waals surface area contributed by atoms with Crippen LogP contribution in [-0.4, -0.2) is 17.0 Å². The quantitative estimate of drug-likeness (QED) is 0.865. The smallest absolute Gasteiger partial charge is 0.379 e. The molecule has 0 aliphatic heterocycles. The van der Waals surface area contributed by atoms with Crippen LogP contribution in [0.1, 0.15) is 17.5 Å². The zero-order valence-electron chi connectivity index (χ0n) is 8.71. The molecule has 0 saturated carbocycles. The molecule has 1 aromatic carbocycles. The molecule has 0 heterocycles. The van der Waals surface area contributed by atoms with Gasteiger partial charge < -0.3 is 5.11 Å². The predicted octanol–water partition coefficient (Wildman–Crippen LogP) is 2.88. The van der Waals surface area contributed by atoms with E-state index in [0.29, 0.717) is 18.4 Å². The lowest BCUT2D eigenvalue weighted by Gasteiger charge is -2.22. The number of alkyl halides is 2. The number of hydrogen-bond donors (Lipinski definition) is 1. The number of aliphatic carboxylic acids is 1. The summed E-state index contributed by atoms with van der Waals surface area (Å²) < 4.78 is 39.9. The number of allylic oxidation sites excluding steroid dienone is 1. The van der Waals surface area contributed by atoms with Crippen LogP contribution in [0.15, 0.2) is 24.3 Å². The maximum atomic E-state index is 13.5. The minimum atomic E-state index is -3.98. The maximum Gasteiger partial charge on any atom is 0.379 e. The van der Waals surface area contributed by atoms with E-state index in [-0.39, 0.29) is 5.56 Å². The summed E-state index contributed by atoms with van der Waals surface area (Å²) in [6.07, 6.45) is 2.00. The van der Waals surface area contributed by atoms with Gasteiger partial charge in [-0.1, -0.05) is 12.1 Å². The van der Waals surface area contributed by atoms with Gasteiger partial charge in [-0.05, 0) is 36.1 Å². The highest BCUT2D eigenvalue weighted by Crippen LogP contribution is 2.38. The first kappa shape index (κ1) is 11.7. The summed E-state index contributed by atoms with van der Waals surface area (Å²) in [5, 5.41) is 8.50. The van der Waals surface area contributed by atoms with Crippen molar-refractivity contribution in [3.05, 3.63) is 41.2 Å².